The van der Waals surface area contributed by atoms with Gasteiger partial charge < -0.3 is 16.6 Å². The minimum absolute atomic E-state index is 0.103. The largest absolute Gasteiger partial charge is 0.391 e. The van der Waals surface area contributed by atoms with E-state index in [-0.39, 0.29) is 11.8 Å². The number of hydrogen-bond donors (Lipinski definition) is 3. The summed E-state index contributed by atoms with van der Waals surface area (Å²) in [7, 11) is 0. The van der Waals surface area contributed by atoms with Gasteiger partial charge in [-0.25, -0.2) is 0 Å². The number of likely N-dealkylation sites (tertiary alicyclic amines) is 1. The van der Waals surface area contributed by atoms with Crippen molar-refractivity contribution in [2.75, 3.05) is 13.1 Å². The van der Waals surface area contributed by atoms with Gasteiger partial charge in [-0.1, -0.05) is 0 Å². The summed E-state index contributed by atoms with van der Waals surface area (Å²) >= 11 is 0. The molecule has 0 aliphatic carbocycles. The second-order valence-electron chi connectivity index (χ2n) is 4.18. The lowest BCUT2D eigenvalue weighted by molar-refractivity contribution is -0.160. The van der Waals surface area contributed by atoms with Crippen LogP contribution in [0.4, 0.5) is 0 Å². The van der Waals surface area contributed by atoms with Crippen LogP contribution < -0.4 is 11.5 Å². The Morgan fingerprint density at radius 2 is 2.31 bits per heavy atom. The maximum absolute atomic E-state index is 11.6. The number of nitrogens with two attached hydrogens (primary N) is 2. The zero-order valence-corrected chi connectivity index (χ0v) is 9.43. The quantitative estimate of drug-likeness (QED) is 0.493. The van der Waals surface area contributed by atoms with Gasteiger partial charge in [-0.2, -0.15) is 0 Å². The Hall–Kier alpha value is -0.980. The van der Waals surface area contributed by atoms with Crippen molar-refractivity contribution >= 4 is 11.8 Å². The molecule has 0 aromatic carbocycles. The highest BCUT2D eigenvalue weighted by Gasteiger charge is 2.42. The van der Waals surface area contributed by atoms with Gasteiger partial charge in [0.15, 0.2) is 0 Å². The van der Waals surface area contributed by atoms with E-state index in [1.165, 1.54) is 6.92 Å². The van der Waals surface area contributed by atoms with Crippen LogP contribution in [0.1, 0.15) is 19.8 Å². The van der Waals surface area contributed by atoms with E-state index in [1.807, 2.05) is 0 Å². The monoisotopic (exact) mass is 229 g/mol. The number of aliphatic hydroxyl groups is 1. The second-order valence-corrected chi connectivity index (χ2v) is 4.18. The molecule has 0 aromatic rings. The number of aliphatic hydroxyl groups excluding tert-OH is 1. The molecule has 5 N–H and O–H groups in total. The van der Waals surface area contributed by atoms with E-state index in [2.05, 4.69) is 0 Å². The Kier molecular flexibility index (Phi) is 4.40. The molecule has 0 bridgehead atoms. The molecule has 0 spiro atoms. The van der Waals surface area contributed by atoms with Crippen molar-refractivity contribution < 1.29 is 14.7 Å². The summed E-state index contributed by atoms with van der Waals surface area (Å²) in [4.78, 5) is 24.3. The predicted octanol–water partition coefficient (Wildman–Crippen LogP) is -1.58. The number of carbonyl (C=O) groups excluding carboxylic acids is 2. The third-order valence-corrected chi connectivity index (χ3v) is 2.85. The topological polar surface area (TPSA) is 110 Å². The van der Waals surface area contributed by atoms with Gasteiger partial charge in [-0.05, 0) is 26.3 Å². The first-order chi connectivity index (χ1) is 7.49. The Bertz CT molecular complexity index is 280. The second kappa shape index (κ2) is 5.38. The molecule has 2 amide bonds. The van der Waals surface area contributed by atoms with Gasteiger partial charge in [0, 0.05) is 6.54 Å². The Morgan fingerprint density at radius 3 is 2.75 bits per heavy atom. The smallest absolute Gasteiger partial charge is 0.248 e. The fourth-order valence-corrected chi connectivity index (χ4v) is 1.66. The summed E-state index contributed by atoms with van der Waals surface area (Å²) in [5.41, 5.74) is 10.8. The van der Waals surface area contributed by atoms with Gasteiger partial charge >= 0.3 is 0 Å². The van der Waals surface area contributed by atoms with Crippen molar-refractivity contribution in [3.05, 3.63) is 0 Å². The molecule has 1 saturated heterocycles. The lowest BCUT2D eigenvalue weighted by Crippen LogP contribution is -2.61. The van der Waals surface area contributed by atoms with E-state index in [0.717, 1.165) is 11.3 Å². The van der Waals surface area contributed by atoms with Gasteiger partial charge in [0.05, 0.1) is 12.0 Å². The molecule has 3 atom stereocenters. The van der Waals surface area contributed by atoms with E-state index in [9.17, 15) is 9.59 Å². The van der Waals surface area contributed by atoms with E-state index in [4.69, 9.17) is 16.6 Å². The molecule has 6 heteroatoms. The molecule has 16 heavy (non-hydrogen) atoms. The fraction of sp³-hybridized carbons (Fsp3) is 0.800. The van der Waals surface area contributed by atoms with Crippen LogP contribution in [0.2, 0.25) is 0 Å². The van der Waals surface area contributed by atoms with Crippen LogP contribution in [0.25, 0.3) is 0 Å². The molecule has 1 heterocycles. The molecule has 1 rings (SSSR count). The van der Waals surface area contributed by atoms with Crippen LogP contribution in [-0.4, -0.2) is 47.1 Å². The number of nitrogens with zero attached hydrogens (tertiary/aromatic N) is 1. The van der Waals surface area contributed by atoms with Crippen molar-refractivity contribution in [2.45, 2.75) is 31.9 Å². The minimum atomic E-state index is -1.01. The Balaban J connectivity index is 2.43. The third kappa shape index (κ3) is 2.58. The average molecular weight is 229 g/mol. The molecular weight excluding hydrogens is 210 g/mol. The molecule has 0 saturated carbocycles. The zero-order valence-electron chi connectivity index (χ0n) is 9.43. The molecule has 92 valence electrons. The van der Waals surface area contributed by atoms with Gasteiger partial charge in [-0.15, -0.1) is 0 Å². The summed E-state index contributed by atoms with van der Waals surface area (Å²) in [6.45, 7) is 2.38. The molecule has 0 radical (unpaired) electrons. The average Bonchev–Trinajstić information content (AvgIpc) is 2.25. The number of carbonyl (C=O) groups is 2. The predicted molar refractivity (Wildman–Crippen MR) is 58.2 cm³/mol. The van der Waals surface area contributed by atoms with Crippen LogP contribution in [0.3, 0.4) is 0 Å². The van der Waals surface area contributed by atoms with Crippen molar-refractivity contribution in [3.8, 4) is 0 Å². The highest BCUT2D eigenvalue weighted by atomic mass is 16.3. The Morgan fingerprint density at radius 1 is 1.69 bits per heavy atom. The van der Waals surface area contributed by atoms with Gasteiger partial charge in [-0.3, -0.25) is 14.5 Å². The van der Waals surface area contributed by atoms with E-state index in [0.29, 0.717) is 19.5 Å². The minimum Gasteiger partial charge on any atom is -0.391 e. The van der Waals surface area contributed by atoms with E-state index in [1.54, 1.807) is 0 Å². The lowest BCUT2D eigenvalue weighted by Gasteiger charge is -2.38. The van der Waals surface area contributed by atoms with Crippen LogP contribution in [0, 0.1) is 5.92 Å². The molecule has 1 fully saturated rings. The van der Waals surface area contributed by atoms with Gasteiger partial charge in [0.2, 0.25) is 11.8 Å². The maximum atomic E-state index is 11.6. The molecule has 6 nitrogen and oxygen atoms in total. The zero-order chi connectivity index (χ0) is 12.3. The highest BCUT2D eigenvalue weighted by molar-refractivity contribution is 6.03. The normalized spacial score (nSPS) is 23.9. The first kappa shape index (κ1) is 13.1. The molecule has 1 aliphatic heterocycles. The molecule has 1 aliphatic rings. The lowest BCUT2D eigenvalue weighted by atomic mass is 9.92. The summed E-state index contributed by atoms with van der Waals surface area (Å²) in [6, 6.07) is -1.01. The van der Waals surface area contributed by atoms with Crippen LogP contribution >= 0.6 is 0 Å². The standard InChI is InChI=1S/C10H19N3O3/c1-6(14)8(12)10(16)13-5-7(9(13)15)3-2-4-11/h6-8,14H,2-5,11-12H2,1H3/t6?,7-,8?/m1/s1. The van der Waals surface area contributed by atoms with Gasteiger partial charge in [0.25, 0.3) is 0 Å². The van der Waals surface area contributed by atoms with Gasteiger partial charge in [0.1, 0.15) is 6.04 Å². The van der Waals surface area contributed by atoms with Crippen molar-refractivity contribution in [2.24, 2.45) is 17.4 Å². The summed E-state index contributed by atoms with van der Waals surface area (Å²) in [5.74, 6) is -0.799. The number of imide groups is 1. The van der Waals surface area contributed by atoms with Crippen molar-refractivity contribution in [1.82, 2.24) is 4.90 Å². The maximum Gasteiger partial charge on any atom is 0.248 e. The number of hydrogen-bond acceptors (Lipinski definition) is 5. The summed E-state index contributed by atoms with van der Waals surface area (Å²) in [6.07, 6.45) is 0.549. The number of β-lactam (4-membered cyclic amide) rings is 1. The number of amides is 2. The summed E-state index contributed by atoms with van der Waals surface area (Å²) < 4.78 is 0. The van der Waals surface area contributed by atoms with Crippen molar-refractivity contribution in [1.29, 1.82) is 0 Å². The first-order valence-electron chi connectivity index (χ1n) is 5.48. The molecule has 0 aromatic heterocycles. The van der Waals surface area contributed by atoms with E-state index >= 15 is 0 Å². The Labute approximate surface area is 94.6 Å². The SMILES string of the molecule is CC(O)C(N)C(=O)N1C[C@@H](CCCN)C1=O. The van der Waals surface area contributed by atoms with Crippen LogP contribution in [0.15, 0.2) is 0 Å². The van der Waals surface area contributed by atoms with Crippen molar-refractivity contribution in [3.63, 3.8) is 0 Å². The van der Waals surface area contributed by atoms with Crippen LogP contribution in [-0.2, 0) is 9.59 Å². The highest BCUT2D eigenvalue weighted by Crippen LogP contribution is 2.23. The van der Waals surface area contributed by atoms with E-state index < -0.39 is 18.1 Å². The third-order valence-electron chi connectivity index (χ3n) is 2.85. The summed E-state index contributed by atoms with van der Waals surface area (Å²) in [5, 5.41) is 9.15. The molecule has 2 unspecified atom stereocenters. The number of rotatable bonds is 5. The fourth-order valence-electron chi connectivity index (χ4n) is 1.66. The van der Waals surface area contributed by atoms with Crippen LogP contribution in [0.5, 0.6) is 0 Å². The molecular formula is C10H19N3O3. The first-order valence-corrected chi connectivity index (χ1v) is 5.48.